The van der Waals surface area contributed by atoms with Crippen LogP contribution in [0.4, 0.5) is 34.4 Å². The minimum Gasteiger partial charge on any atom is -0.294 e. The van der Waals surface area contributed by atoms with Crippen LogP contribution >= 0.6 is 0 Å². The van der Waals surface area contributed by atoms with Crippen molar-refractivity contribution in [1.29, 1.82) is 0 Å². The summed E-state index contributed by atoms with van der Waals surface area (Å²) in [4.78, 5) is 15.2. The van der Waals surface area contributed by atoms with E-state index < -0.39 is 0 Å². The van der Waals surface area contributed by atoms with Crippen LogP contribution in [-0.4, -0.2) is 9.97 Å². The zero-order valence-electron chi connectivity index (χ0n) is 46.3. The Bertz CT molecular complexity index is 4460. The van der Waals surface area contributed by atoms with Gasteiger partial charge in [-0.3, -0.25) is 9.80 Å². The molecule has 0 atom stereocenters. The van der Waals surface area contributed by atoms with Crippen LogP contribution in [0.15, 0.2) is 255 Å². The average molecular weight is 1050 g/mol. The molecule has 4 nitrogen and oxygen atoms in total. The van der Waals surface area contributed by atoms with E-state index in [1.807, 2.05) is 0 Å². The Morgan fingerprint density at radius 1 is 0.293 bits per heavy atom. The second-order valence-corrected chi connectivity index (χ2v) is 23.0. The van der Waals surface area contributed by atoms with Crippen molar-refractivity contribution in [2.45, 2.75) is 38.5 Å². The summed E-state index contributed by atoms with van der Waals surface area (Å²) in [6.45, 7) is 9.46. The van der Waals surface area contributed by atoms with Crippen molar-refractivity contribution in [2.24, 2.45) is 0 Å². The first-order valence-corrected chi connectivity index (χ1v) is 28.4. The van der Waals surface area contributed by atoms with Gasteiger partial charge in [0.15, 0.2) is 0 Å². The van der Waals surface area contributed by atoms with Gasteiger partial charge in [0, 0.05) is 43.7 Å². The molecule has 0 bridgehead atoms. The summed E-state index contributed by atoms with van der Waals surface area (Å²) in [5, 5.41) is 7.01. The molecule has 0 saturated heterocycles. The quantitative estimate of drug-likeness (QED) is 0.128. The molecule has 0 fully saturated rings. The molecule has 13 aromatic rings. The predicted octanol–water partition coefficient (Wildman–Crippen LogP) is 21.0. The number of para-hydroxylation sites is 2. The lowest BCUT2D eigenvalue weighted by molar-refractivity contribution is 0.660. The van der Waals surface area contributed by atoms with Gasteiger partial charge in [-0.25, -0.2) is 9.97 Å². The Labute approximate surface area is 479 Å². The second kappa shape index (κ2) is 19.3. The number of hydrogen-bond acceptors (Lipinski definition) is 4. The summed E-state index contributed by atoms with van der Waals surface area (Å²) < 4.78 is 0. The van der Waals surface area contributed by atoms with Gasteiger partial charge in [-0.2, -0.15) is 0 Å². The third-order valence-electron chi connectivity index (χ3n) is 17.4. The molecule has 15 rings (SSSR count). The minimum absolute atomic E-state index is 0.223. The Morgan fingerprint density at radius 3 is 1.07 bits per heavy atom. The normalized spacial score (nSPS) is 13.7. The highest BCUT2D eigenvalue weighted by Crippen LogP contribution is 2.53. The van der Waals surface area contributed by atoms with Crippen molar-refractivity contribution >= 4 is 102 Å². The maximum absolute atomic E-state index is 5.25. The standard InChI is InChI=1S/C78H58N4/c1-77(2)67-47-53(35-41-63(67)65-43-39-59(49-69(65)77)81(73-25-13-19-55-15-5-9-21-61(55)73)75-45-37-57-17-7-11-23-71(57)79-75)33-31-51-27-29-52(30-28-51)32-34-54-36-42-64-66-44-40-60(50-70(66)78(3,4)68(64)48-54)82(74-26-14-20-56-16-6-10-22-62(56)74)76-46-38-58-18-8-12-24-72(58)80-76/h5-50H,1-4H3. The lowest BCUT2D eigenvalue weighted by Gasteiger charge is -2.28. The fourth-order valence-electron chi connectivity index (χ4n) is 13.0. The SMILES string of the molecule is CC1(C)c2cc(C=Cc3ccc(C=Cc4ccc5c(c4)C(C)(C)c4cc(N(c6ccc7ccccc7n6)c6cccc7ccccc67)ccc4-5)cc3)ccc2-c2ccc(N(c3ccc4ccccc4n3)c3cccc4ccccc34)cc21. The van der Waals surface area contributed by atoms with Crippen LogP contribution in [0.5, 0.6) is 0 Å². The minimum atomic E-state index is -0.223. The summed E-state index contributed by atoms with van der Waals surface area (Å²) in [6, 6.07) is 92.4. The Morgan fingerprint density at radius 2 is 0.634 bits per heavy atom. The van der Waals surface area contributed by atoms with Gasteiger partial charge in [-0.05, 0) is 150 Å². The molecular formula is C78H58N4. The van der Waals surface area contributed by atoms with Gasteiger partial charge in [0.25, 0.3) is 0 Å². The Balaban J connectivity index is 0.672. The number of aromatic nitrogens is 2. The van der Waals surface area contributed by atoms with E-state index in [2.05, 4.69) is 317 Å². The zero-order valence-corrected chi connectivity index (χ0v) is 46.3. The van der Waals surface area contributed by atoms with Crippen LogP contribution in [0, 0.1) is 0 Å². The second-order valence-electron chi connectivity index (χ2n) is 23.0. The van der Waals surface area contributed by atoms with E-state index in [-0.39, 0.29) is 10.8 Å². The fourth-order valence-corrected chi connectivity index (χ4v) is 13.0. The average Bonchev–Trinajstić information content (AvgIpc) is 3.45. The first-order valence-electron chi connectivity index (χ1n) is 28.4. The molecule has 2 heterocycles. The van der Waals surface area contributed by atoms with Gasteiger partial charge in [-0.1, -0.05) is 234 Å². The van der Waals surface area contributed by atoms with Crippen LogP contribution in [0.1, 0.15) is 72.2 Å². The molecule has 2 aliphatic carbocycles. The number of anilines is 6. The number of hydrogen-bond donors (Lipinski definition) is 0. The first-order chi connectivity index (χ1) is 40.1. The molecule has 0 spiro atoms. The maximum atomic E-state index is 5.25. The van der Waals surface area contributed by atoms with E-state index in [4.69, 9.17) is 9.97 Å². The summed E-state index contributed by atoms with van der Waals surface area (Å²) in [6.07, 6.45) is 8.95. The first kappa shape index (κ1) is 48.9. The van der Waals surface area contributed by atoms with E-state index in [1.165, 1.54) is 77.2 Å². The molecule has 82 heavy (non-hydrogen) atoms. The molecule has 0 aliphatic heterocycles. The third-order valence-corrected chi connectivity index (χ3v) is 17.4. The smallest absolute Gasteiger partial charge is 0.138 e. The zero-order chi connectivity index (χ0) is 55.1. The van der Waals surface area contributed by atoms with E-state index in [0.29, 0.717) is 0 Å². The molecule has 0 radical (unpaired) electrons. The highest BCUT2D eigenvalue weighted by Gasteiger charge is 2.38. The van der Waals surface area contributed by atoms with Crippen LogP contribution in [0.25, 0.3) is 89.9 Å². The molecule has 0 N–H and O–H groups in total. The summed E-state index contributed by atoms with van der Waals surface area (Å²) >= 11 is 0. The van der Waals surface area contributed by atoms with Crippen molar-refractivity contribution in [3.8, 4) is 22.3 Å². The van der Waals surface area contributed by atoms with Crippen molar-refractivity contribution in [3.05, 3.63) is 299 Å². The largest absolute Gasteiger partial charge is 0.294 e. The molecule has 4 heteroatoms. The molecule has 0 unspecified atom stereocenters. The van der Waals surface area contributed by atoms with E-state index in [1.54, 1.807) is 0 Å². The van der Waals surface area contributed by atoms with E-state index >= 15 is 0 Å². The Hall–Kier alpha value is -10.2. The van der Waals surface area contributed by atoms with Crippen molar-refractivity contribution < 1.29 is 0 Å². The van der Waals surface area contributed by atoms with Crippen LogP contribution in [0.3, 0.4) is 0 Å². The lowest BCUT2D eigenvalue weighted by atomic mass is 9.81. The summed E-state index contributed by atoms with van der Waals surface area (Å²) in [5.74, 6) is 1.78. The van der Waals surface area contributed by atoms with E-state index in [0.717, 1.165) is 67.3 Å². The predicted molar refractivity (Wildman–Crippen MR) is 347 cm³/mol. The van der Waals surface area contributed by atoms with Gasteiger partial charge >= 0.3 is 0 Å². The summed E-state index contributed by atoms with van der Waals surface area (Å²) in [7, 11) is 0. The summed E-state index contributed by atoms with van der Waals surface area (Å²) in [5.41, 5.74) is 21.0. The molecule has 11 aromatic carbocycles. The van der Waals surface area contributed by atoms with Crippen LogP contribution in [-0.2, 0) is 10.8 Å². The van der Waals surface area contributed by atoms with Gasteiger partial charge in [0.2, 0.25) is 0 Å². The number of nitrogens with zero attached hydrogens (tertiary/aromatic N) is 4. The molecule has 390 valence electrons. The van der Waals surface area contributed by atoms with Gasteiger partial charge < -0.3 is 0 Å². The van der Waals surface area contributed by atoms with Crippen molar-refractivity contribution in [2.75, 3.05) is 9.80 Å². The molecule has 0 saturated carbocycles. The molecular weight excluding hydrogens is 993 g/mol. The molecule has 2 aliphatic rings. The van der Waals surface area contributed by atoms with Crippen LogP contribution in [0.2, 0.25) is 0 Å². The number of rotatable bonds is 10. The Kier molecular flexibility index (Phi) is 11.5. The monoisotopic (exact) mass is 1050 g/mol. The van der Waals surface area contributed by atoms with Crippen molar-refractivity contribution in [1.82, 2.24) is 9.97 Å². The highest BCUT2D eigenvalue weighted by molar-refractivity contribution is 6.01. The topological polar surface area (TPSA) is 32.3 Å². The third kappa shape index (κ3) is 8.29. The number of pyridine rings is 2. The lowest BCUT2D eigenvalue weighted by Crippen LogP contribution is -2.17. The van der Waals surface area contributed by atoms with Gasteiger partial charge in [0.1, 0.15) is 11.6 Å². The highest BCUT2D eigenvalue weighted by atomic mass is 15.2. The maximum Gasteiger partial charge on any atom is 0.138 e. The van der Waals surface area contributed by atoms with Crippen molar-refractivity contribution in [3.63, 3.8) is 0 Å². The van der Waals surface area contributed by atoms with Crippen LogP contribution < -0.4 is 9.80 Å². The van der Waals surface area contributed by atoms with Gasteiger partial charge in [-0.15, -0.1) is 0 Å². The molecule has 0 amide bonds. The fraction of sp³-hybridized carbons (Fsp3) is 0.0769. The number of fused-ring (bicyclic) bond motifs is 10. The number of benzene rings is 11. The molecule has 2 aromatic heterocycles. The van der Waals surface area contributed by atoms with Gasteiger partial charge in [0.05, 0.1) is 22.4 Å². The van der Waals surface area contributed by atoms with E-state index in [9.17, 15) is 0 Å².